The van der Waals surface area contributed by atoms with Crippen LogP contribution in [0.5, 0.6) is 0 Å². The normalized spacial score (nSPS) is 14.5. The van der Waals surface area contributed by atoms with Crippen LogP contribution in [-0.4, -0.2) is 41.4 Å². The van der Waals surface area contributed by atoms with Gasteiger partial charge in [0.15, 0.2) is 0 Å². The van der Waals surface area contributed by atoms with Crippen molar-refractivity contribution in [2.24, 2.45) is 0 Å². The molecule has 0 fully saturated rings. The highest BCUT2D eigenvalue weighted by atomic mass is 16.5. The first-order chi connectivity index (χ1) is 12.5. The van der Waals surface area contributed by atoms with Crippen LogP contribution in [-0.2, 0) is 17.8 Å². The van der Waals surface area contributed by atoms with Crippen LogP contribution in [0.25, 0.3) is 0 Å². The fraction of sp³-hybridized carbons (Fsp3) is 0.500. The van der Waals surface area contributed by atoms with Crippen LogP contribution in [0.15, 0.2) is 29.1 Å². The highest BCUT2D eigenvalue weighted by molar-refractivity contribution is 5.59. The molecule has 0 spiro atoms. The van der Waals surface area contributed by atoms with Crippen molar-refractivity contribution in [1.29, 1.82) is 0 Å². The number of fused-ring (bicyclic) bond motifs is 1. The summed E-state index contributed by atoms with van der Waals surface area (Å²) in [5.74, 6) is 0.735. The summed E-state index contributed by atoms with van der Waals surface area (Å²) < 4.78 is 6.99. The quantitative estimate of drug-likeness (QED) is 0.745. The van der Waals surface area contributed by atoms with Crippen molar-refractivity contribution in [1.82, 2.24) is 14.5 Å². The summed E-state index contributed by atoms with van der Waals surface area (Å²) in [7, 11) is 1.72. The van der Waals surface area contributed by atoms with Gasteiger partial charge in [0, 0.05) is 37.2 Å². The summed E-state index contributed by atoms with van der Waals surface area (Å²) in [6.45, 7) is 8.89. The van der Waals surface area contributed by atoms with Crippen LogP contribution < -0.4 is 10.5 Å². The number of ether oxygens (including phenoxy) is 1. The third-order valence-corrected chi connectivity index (χ3v) is 4.86. The summed E-state index contributed by atoms with van der Waals surface area (Å²) in [6, 6.07) is 8.34. The molecule has 0 N–H and O–H groups in total. The molecule has 6 nitrogen and oxygen atoms in total. The van der Waals surface area contributed by atoms with Gasteiger partial charge in [0.2, 0.25) is 5.95 Å². The Balaban J connectivity index is 2.05. The average molecular weight is 356 g/mol. The van der Waals surface area contributed by atoms with Gasteiger partial charge in [0.05, 0.1) is 13.3 Å². The molecule has 0 bridgehead atoms. The molecule has 0 unspecified atom stereocenters. The van der Waals surface area contributed by atoms with Gasteiger partial charge < -0.3 is 4.74 Å². The van der Waals surface area contributed by atoms with E-state index in [0.717, 1.165) is 42.5 Å². The standard InChI is InChI=1S/C20H28N4O2/c1-5-18-16(3)21-20-23(17-9-6-8-15(2)12-17)13-22(10-7-11-26-4)14-24(20)19(18)25/h6,8-9,12H,5,7,10-11,13-14H2,1-4H3. The second-order valence-corrected chi connectivity index (χ2v) is 6.85. The number of aryl methyl sites for hydroxylation is 2. The van der Waals surface area contributed by atoms with Crippen molar-refractivity contribution in [2.45, 2.75) is 40.3 Å². The van der Waals surface area contributed by atoms with E-state index in [1.165, 1.54) is 5.56 Å². The van der Waals surface area contributed by atoms with Gasteiger partial charge in [-0.15, -0.1) is 0 Å². The van der Waals surface area contributed by atoms with Crippen molar-refractivity contribution in [3.05, 3.63) is 51.4 Å². The summed E-state index contributed by atoms with van der Waals surface area (Å²) in [5.41, 5.74) is 3.95. The van der Waals surface area contributed by atoms with E-state index in [1.807, 2.05) is 24.5 Å². The molecule has 2 aromatic rings. The van der Waals surface area contributed by atoms with Gasteiger partial charge >= 0.3 is 0 Å². The number of rotatable bonds is 6. The number of anilines is 2. The van der Waals surface area contributed by atoms with E-state index >= 15 is 0 Å². The minimum absolute atomic E-state index is 0.0732. The molecule has 2 heterocycles. The van der Waals surface area contributed by atoms with E-state index in [2.05, 4.69) is 34.9 Å². The number of benzene rings is 1. The minimum atomic E-state index is 0.0732. The molecule has 6 heteroatoms. The van der Waals surface area contributed by atoms with Crippen molar-refractivity contribution in [3.63, 3.8) is 0 Å². The molecule has 140 valence electrons. The molecule has 1 aromatic heterocycles. The number of hydrogen-bond donors (Lipinski definition) is 0. The third kappa shape index (κ3) is 3.66. The zero-order chi connectivity index (χ0) is 18.7. The lowest BCUT2D eigenvalue weighted by Crippen LogP contribution is -2.48. The Morgan fingerprint density at radius 2 is 2.04 bits per heavy atom. The topological polar surface area (TPSA) is 50.6 Å². The highest BCUT2D eigenvalue weighted by Crippen LogP contribution is 2.28. The first-order valence-electron chi connectivity index (χ1n) is 9.21. The molecule has 0 amide bonds. The first-order valence-corrected chi connectivity index (χ1v) is 9.21. The highest BCUT2D eigenvalue weighted by Gasteiger charge is 2.27. The van der Waals surface area contributed by atoms with Gasteiger partial charge in [-0.25, -0.2) is 4.98 Å². The maximum atomic E-state index is 13.0. The van der Waals surface area contributed by atoms with E-state index < -0.39 is 0 Å². The molecule has 0 saturated heterocycles. The largest absolute Gasteiger partial charge is 0.385 e. The molecule has 0 radical (unpaired) electrons. The zero-order valence-corrected chi connectivity index (χ0v) is 16.2. The third-order valence-electron chi connectivity index (χ3n) is 4.86. The Bertz CT molecular complexity index is 831. The molecule has 26 heavy (non-hydrogen) atoms. The van der Waals surface area contributed by atoms with Gasteiger partial charge in [0.1, 0.15) is 0 Å². The van der Waals surface area contributed by atoms with Crippen molar-refractivity contribution in [3.8, 4) is 0 Å². The maximum Gasteiger partial charge on any atom is 0.259 e. The van der Waals surface area contributed by atoms with Gasteiger partial charge in [-0.3, -0.25) is 19.2 Å². The Morgan fingerprint density at radius 3 is 2.73 bits per heavy atom. The van der Waals surface area contributed by atoms with Gasteiger partial charge in [-0.05, 0) is 44.4 Å². The van der Waals surface area contributed by atoms with Crippen LogP contribution in [0.3, 0.4) is 0 Å². The second-order valence-electron chi connectivity index (χ2n) is 6.85. The molecule has 0 saturated carbocycles. The summed E-state index contributed by atoms with van der Waals surface area (Å²) in [6.07, 6.45) is 1.63. The van der Waals surface area contributed by atoms with Gasteiger partial charge in [0.25, 0.3) is 5.56 Å². The zero-order valence-electron chi connectivity index (χ0n) is 16.2. The second kappa shape index (κ2) is 8.01. The summed E-state index contributed by atoms with van der Waals surface area (Å²) >= 11 is 0. The molecule has 1 aromatic carbocycles. The fourth-order valence-corrected chi connectivity index (χ4v) is 3.50. The number of nitrogens with zero attached hydrogens (tertiary/aromatic N) is 4. The molecule has 3 rings (SSSR count). The van der Waals surface area contributed by atoms with Crippen LogP contribution >= 0.6 is 0 Å². The van der Waals surface area contributed by atoms with Crippen molar-refractivity contribution >= 4 is 11.6 Å². The smallest absolute Gasteiger partial charge is 0.259 e. The molecular formula is C20H28N4O2. The van der Waals surface area contributed by atoms with Crippen LogP contribution in [0.4, 0.5) is 11.6 Å². The summed E-state index contributed by atoms with van der Waals surface area (Å²) in [4.78, 5) is 22.2. The van der Waals surface area contributed by atoms with Crippen LogP contribution in [0, 0.1) is 13.8 Å². The molecule has 0 atom stereocenters. The van der Waals surface area contributed by atoms with Crippen molar-refractivity contribution < 1.29 is 4.74 Å². The molecular weight excluding hydrogens is 328 g/mol. The number of aromatic nitrogens is 2. The van der Waals surface area contributed by atoms with Gasteiger partial charge in [-0.2, -0.15) is 0 Å². The predicted octanol–water partition coefficient (Wildman–Crippen LogP) is 2.83. The van der Waals surface area contributed by atoms with Crippen LogP contribution in [0.2, 0.25) is 0 Å². The Hall–Kier alpha value is -2.18. The van der Waals surface area contributed by atoms with Gasteiger partial charge in [-0.1, -0.05) is 19.1 Å². The fourth-order valence-electron chi connectivity index (χ4n) is 3.50. The first kappa shape index (κ1) is 18.6. The predicted molar refractivity (Wildman–Crippen MR) is 104 cm³/mol. The maximum absolute atomic E-state index is 13.0. The van der Waals surface area contributed by atoms with E-state index in [4.69, 9.17) is 9.72 Å². The Labute approximate surface area is 155 Å². The van der Waals surface area contributed by atoms with E-state index in [1.54, 1.807) is 7.11 Å². The SMILES string of the molecule is CCc1c(C)nc2n(c1=O)CN(CCCOC)CN2c1cccc(C)c1. The molecule has 1 aliphatic heterocycles. The Kier molecular flexibility index (Phi) is 5.74. The number of methoxy groups -OCH3 is 1. The lowest BCUT2D eigenvalue weighted by atomic mass is 10.2. The lowest BCUT2D eigenvalue weighted by Gasteiger charge is -2.38. The summed E-state index contributed by atoms with van der Waals surface area (Å²) in [5, 5.41) is 0. The van der Waals surface area contributed by atoms with E-state index in [9.17, 15) is 4.79 Å². The lowest BCUT2D eigenvalue weighted by molar-refractivity contribution is 0.150. The van der Waals surface area contributed by atoms with E-state index in [0.29, 0.717) is 19.8 Å². The average Bonchev–Trinajstić information content (AvgIpc) is 2.62. The Morgan fingerprint density at radius 1 is 1.23 bits per heavy atom. The number of hydrogen-bond acceptors (Lipinski definition) is 5. The van der Waals surface area contributed by atoms with Crippen molar-refractivity contribution in [2.75, 3.05) is 31.8 Å². The molecule has 0 aliphatic carbocycles. The molecule has 1 aliphatic rings. The monoisotopic (exact) mass is 356 g/mol. The van der Waals surface area contributed by atoms with Crippen LogP contribution in [0.1, 0.15) is 30.2 Å². The minimum Gasteiger partial charge on any atom is -0.385 e. The van der Waals surface area contributed by atoms with E-state index in [-0.39, 0.29) is 5.56 Å².